The fourth-order valence-corrected chi connectivity index (χ4v) is 9.20. The summed E-state index contributed by atoms with van der Waals surface area (Å²) in [5.74, 6) is -3.31. The Morgan fingerprint density at radius 1 is 1.02 bits per heavy atom. The normalized spacial score (nSPS) is 32.1. The molecule has 3 aliphatic carbocycles. The third-order valence-corrected chi connectivity index (χ3v) is 11.7. The SMILES string of the molecule is C[C@]12C[C@H](F)[C@@H]3c4ccc(O)cc4C[C@@H](CCCCC[N+](C)([O-])CCCSCCCC(F)(F)C(F)(F)F)[C@H]3[C@@H]1CC[C@@H]2O. The average Bonchev–Trinajstić information content (AvgIpc) is 3.20. The zero-order valence-electron chi connectivity index (χ0n) is 25.2. The maximum absolute atomic E-state index is 15.9. The van der Waals surface area contributed by atoms with Gasteiger partial charge in [0.05, 0.1) is 26.2 Å². The van der Waals surface area contributed by atoms with Gasteiger partial charge in [-0.3, -0.25) is 0 Å². The van der Waals surface area contributed by atoms with Gasteiger partial charge in [-0.15, -0.1) is 0 Å². The number of benzene rings is 1. The van der Waals surface area contributed by atoms with E-state index in [1.165, 1.54) is 11.8 Å². The lowest BCUT2D eigenvalue weighted by Gasteiger charge is -2.54. The van der Waals surface area contributed by atoms with Gasteiger partial charge >= 0.3 is 12.1 Å². The van der Waals surface area contributed by atoms with Gasteiger partial charge in [0.1, 0.15) is 11.9 Å². The van der Waals surface area contributed by atoms with E-state index in [-0.39, 0.29) is 41.6 Å². The highest BCUT2D eigenvalue weighted by atomic mass is 32.2. The van der Waals surface area contributed by atoms with E-state index in [1.807, 2.05) is 6.07 Å². The summed E-state index contributed by atoms with van der Waals surface area (Å²) in [6, 6.07) is 5.31. The van der Waals surface area contributed by atoms with Crippen LogP contribution in [0.5, 0.6) is 5.75 Å². The zero-order chi connectivity index (χ0) is 31.6. The average molecular weight is 640 g/mol. The Balaban J connectivity index is 1.22. The van der Waals surface area contributed by atoms with Crippen molar-refractivity contribution in [2.75, 3.05) is 31.6 Å². The minimum absolute atomic E-state index is 0.140. The molecule has 4 rings (SSSR count). The highest BCUT2D eigenvalue weighted by Gasteiger charge is 2.60. The van der Waals surface area contributed by atoms with E-state index in [2.05, 4.69) is 6.92 Å². The topological polar surface area (TPSA) is 63.5 Å². The fraction of sp³-hybridized carbons (Fsp3) is 0.812. The van der Waals surface area contributed by atoms with Crippen LogP contribution >= 0.6 is 11.8 Å². The van der Waals surface area contributed by atoms with E-state index in [4.69, 9.17) is 0 Å². The van der Waals surface area contributed by atoms with Gasteiger partial charge in [-0.1, -0.05) is 19.4 Å². The summed E-state index contributed by atoms with van der Waals surface area (Å²) >= 11 is 1.30. The minimum atomic E-state index is -5.51. The zero-order valence-corrected chi connectivity index (χ0v) is 26.0. The molecule has 1 aromatic carbocycles. The molecule has 0 saturated heterocycles. The lowest BCUT2D eigenvalue weighted by molar-refractivity contribution is -0.860. The second-order valence-corrected chi connectivity index (χ2v) is 15.0. The van der Waals surface area contributed by atoms with Gasteiger partial charge in [0.15, 0.2) is 0 Å². The molecule has 8 atom stereocenters. The van der Waals surface area contributed by atoms with Crippen molar-refractivity contribution in [1.29, 1.82) is 0 Å². The summed E-state index contributed by atoms with van der Waals surface area (Å²) < 4.78 is 78.1. The summed E-state index contributed by atoms with van der Waals surface area (Å²) in [5, 5.41) is 33.8. The number of fused-ring (bicyclic) bond motifs is 5. The molecule has 4 nitrogen and oxygen atoms in total. The van der Waals surface area contributed by atoms with E-state index < -0.39 is 40.9 Å². The summed E-state index contributed by atoms with van der Waals surface area (Å²) in [6.07, 6.45) is -1.76. The van der Waals surface area contributed by atoms with Gasteiger partial charge in [0.25, 0.3) is 0 Å². The number of phenolic OH excluding ortho intramolecular Hbond substituents is 1. The van der Waals surface area contributed by atoms with Crippen LogP contribution in [0.1, 0.15) is 88.2 Å². The second-order valence-electron chi connectivity index (χ2n) is 13.7. The van der Waals surface area contributed by atoms with Crippen LogP contribution in [0.15, 0.2) is 18.2 Å². The Morgan fingerprint density at radius 2 is 1.72 bits per heavy atom. The molecule has 0 aliphatic heterocycles. The molecular weight excluding hydrogens is 592 g/mol. The molecule has 2 saturated carbocycles. The Labute approximate surface area is 255 Å². The van der Waals surface area contributed by atoms with Gasteiger partial charge < -0.3 is 20.1 Å². The first kappa shape index (κ1) is 34.7. The monoisotopic (exact) mass is 639 g/mol. The predicted molar refractivity (Wildman–Crippen MR) is 158 cm³/mol. The number of halogens is 6. The molecule has 0 radical (unpaired) electrons. The van der Waals surface area contributed by atoms with Gasteiger partial charge in [0, 0.05) is 18.8 Å². The van der Waals surface area contributed by atoms with Crippen molar-refractivity contribution in [1.82, 2.24) is 0 Å². The molecule has 2 N–H and O–H groups in total. The number of aliphatic hydroxyl groups is 1. The number of thioether (sulfide) groups is 1. The van der Waals surface area contributed by atoms with Crippen molar-refractivity contribution in [3.05, 3.63) is 34.5 Å². The van der Waals surface area contributed by atoms with Gasteiger partial charge in [-0.2, -0.15) is 33.7 Å². The Hall–Kier alpha value is -1.17. The molecule has 2 fully saturated rings. The first-order chi connectivity index (χ1) is 20.1. The molecule has 0 heterocycles. The Bertz CT molecular complexity index is 1070. The molecule has 246 valence electrons. The summed E-state index contributed by atoms with van der Waals surface area (Å²) in [7, 11) is 1.61. The van der Waals surface area contributed by atoms with E-state index in [0.717, 1.165) is 49.7 Å². The number of hydroxylamine groups is 3. The lowest BCUT2D eigenvalue weighted by Crippen LogP contribution is -2.51. The van der Waals surface area contributed by atoms with Crippen molar-refractivity contribution in [2.24, 2.45) is 23.2 Å². The Kier molecular flexibility index (Phi) is 11.0. The number of aliphatic hydroxyl groups excluding tert-OH is 1. The molecule has 1 unspecified atom stereocenters. The largest absolute Gasteiger partial charge is 0.633 e. The minimum Gasteiger partial charge on any atom is -0.633 e. The standard InChI is InChI=1S/C32H47F6NO3S/c1-30-20-26(33)29-24-10-9-23(40)19-22(24)18-21(28(29)25(30)11-12-27(30)41)8-4-3-5-14-39(2,42)15-7-17-43-16-6-13-31(34,35)32(36,37)38/h9-10,19,21,25-29,40-41H,3-8,11-18,20H2,1-2H3/t21-,25+,26+,27+,28+,29+,30+,39?/m1/s1. The highest BCUT2D eigenvalue weighted by molar-refractivity contribution is 7.99. The molecule has 11 heteroatoms. The van der Waals surface area contributed by atoms with Crippen LogP contribution in [-0.2, 0) is 6.42 Å². The van der Waals surface area contributed by atoms with Crippen molar-refractivity contribution in [3.8, 4) is 5.75 Å². The number of alkyl halides is 6. The van der Waals surface area contributed by atoms with Gasteiger partial charge in [-0.25, -0.2) is 4.39 Å². The number of unbranched alkanes of at least 4 members (excludes halogenated alkanes) is 2. The van der Waals surface area contributed by atoms with Crippen LogP contribution in [0.2, 0.25) is 0 Å². The van der Waals surface area contributed by atoms with Crippen LogP contribution in [0.3, 0.4) is 0 Å². The molecule has 0 aromatic heterocycles. The number of quaternary nitrogens is 1. The first-order valence-corrected chi connectivity index (χ1v) is 16.9. The number of phenols is 1. The van der Waals surface area contributed by atoms with Crippen LogP contribution in [-0.4, -0.2) is 70.9 Å². The van der Waals surface area contributed by atoms with Crippen molar-refractivity contribution >= 4 is 11.8 Å². The Morgan fingerprint density at radius 3 is 2.44 bits per heavy atom. The third-order valence-electron chi connectivity index (χ3n) is 10.6. The van der Waals surface area contributed by atoms with Crippen molar-refractivity contribution < 1.29 is 41.2 Å². The maximum atomic E-state index is 15.9. The maximum Gasteiger partial charge on any atom is 0.453 e. The number of nitrogens with zero attached hydrogens (tertiary/aromatic N) is 1. The smallest absolute Gasteiger partial charge is 0.453 e. The molecular formula is C32H47F6NO3S. The number of aromatic hydroxyl groups is 1. The summed E-state index contributed by atoms with van der Waals surface area (Å²) in [5.41, 5.74) is 1.61. The number of rotatable bonds is 14. The van der Waals surface area contributed by atoms with Gasteiger partial charge in [-0.05, 0) is 109 Å². The van der Waals surface area contributed by atoms with E-state index in [0.29, 0.717) is 38.1 Å². The molecule has 0 bridgehead atoms. The second kappa shape index (κ2) is 13.7. The molecule has 0 spiro atoms. The van der Waals surface area contributed by atoms with E-state index in [1.54, 1.807) is 19.2 Å². The van der Waals surface area contributed by atoms with Gasteiger partial charge in [0.2, 0.25) is 0 Å². The predicted octanol–water partition coefficient (Wildman–Crippen LogP) is 8.39. The van der Waals surface area contributed by atoms with E-state index in [9.17, 15) is 37.4 Å². The summed E-state index contributed by atoms with van der Waals surface area (Å²) in [6.45, 7) is 2.85. The summed E-state index contributed by atoms with van der Waals surface area (Å²) in [4.78, 5) is 0. The quantitative estimate of drug-likeness (QED) is 0.0929. The fourth-order valence-electron chi connectivity index (χ4n) is 8.32. The van der Waals surface area contributed by atoms with Crippen molar-refractivity contribution in [2.45, 2.75) is 108 Å². The number of hydrogen-bond donors (Lipinski definition) is 2. The van der Waals surface area contributed by atoms with Crippen molar-refractivity contribution in [3.63, 3.8) is 0 Å². The molecule has 1 aromatic rings. The number of hydrogen-bond acceptors (Lipinski definition) is 4. The first-order valence-electron chi connectivity index (χ1n) is 15.8. The van der Waals surface area contributed by atoms with E-state index >= 15 is 4.39 Å². The lowest BCUT2D eigenvalue weighted by atomic mass is 9.51. The van der Waals surface area contributed by atoms with Crippen LogP contribution in [0, 0.1) is 28.4 Å². The molecule has 3 aliphatic rings. The third kappa shape index (κ3) is 7.98. The molecule has 0 amide bonds. The van der Waals surface area contributed by atoms with Crippen LogP contribution in [0.4, 0.5) is 26.3 Å². The highest BCUT2D eigenvalue weighted by Crippen LogP contribution is 2.63. The van der Waals surface area contributed by atoms with Crippen LogP contribution in [0.25, 0.3) is 0 Å². The molecule has 43 heavy (non-hydrogen) atoms. The van der Waals surface area contributed by atoms with Crippen LogP contribution < -0.4 is 0 Å².